The Kier molecular flexibility index (Phi) is 2.43. The number of aromatic nitrogens is 1. The molecule has 3 aliphatic rings. The van der Waals surface area contributed by atoms with Crippen molar-refractivity contribution in [2.75, 3.05) is 13.1 Å². The number of nitrogens with zero attached hydrogens (tertiary/aromatic N) is 2. The molecule has 0 spiro atoms. The molecule has 4 rings (SSSR count). The van der Waals surface area contributed by atoms with Crippen LogP contribution in [0.1, 0.15) is 41.6 Å². The summed E-state index contributed by atoms with van der Waals surface area (Å²) in [5.74, 6) is 0.324. The molecule has 3 atom stereocenters. The van der Waals surface area contributed by atoms with Gasteiger partial charge in [0.15, 0.2) is 11.6 Å². The lowest BCUT2D eigenvalue weighted by atomic mass is 10.1. The van der Waals surface area contributed by atoms with Gasteiger partial charge >= 0.3 is 5.97 Å². The lowest BCUT2D eigenvalue weighted by Crippen LogP contribution is -2.37. The van der Waals surface area contributed by atoms with Gasteiger partial charge in [-0.05, 0) is 31.1 Å². The van der Waals surface area contributed by atoms with Crippen LogP contribution < -0.4 is 0 Å². The number of hydrogen-bond donors (Lipinski definition) is 1. The third kappa shape index (κ3) is 1.82. The van der Waals surface area contributed by atoms with Crippen molar-refractivity contribution in [1.29, 1.82) is 0 Å². The molecular formula is C14H16N2O4. The number of rotatable bonds is 3. The van der Waals surface area contributed by atoms with Gasteiger partial charge < -0.3 is 14.4 Å². The number of piperidine rings is 1. The van der Waals surface area contributed by atoms with Gasteiger partial charge in [-0.3, -0.25) is 9.59 Å². The van der Waals surface area contributed by atoms with E-state index in [1.165, 1.54) is 6.26 Å². The third-order valence-corrected chi connectivity index (χ3v) is 4.74. The molecule has 1 saturated heterocycles. The van der Waals surface area contributed by atoms with Crippen molar-refractivity contribution in [3.8, 4) is 0 Å². The first-order chi connectivity index (χ1) is 9.65. The molecule has 1 N–H and O–H groups in total. The summed E-state index contributed by atoms with van der Waals surface area (Å²) in [6.07, 6.45) is 4.38. The molecule has 1 aromatic rings. The summed E-state index contributed by atoms with van der Waals surface area (Å²) in [7, 11) is 0. The molecule has 20 heavy (non-hydrogen) atoms. The molecule has 0 aromatic carbocycles. The van der Waals surface area contributed by atoms with Crippen LogP contribution in [0.5, 0.6) is 0 Å². The van der Waals surface area contributed by atoms with Crippen LogP contribution in [0.2, 0.25) is 0 Å². The zero-order valence-corrected chi connectivity index (χ0v) is 11.0. The first-order valence-corrected chi connectivity index (χ1v) is 7.12. The number of carboxylic acid groups (broad SMARTS) is 1. The van der Waals surface area contributed by atoms with Crippen molar-refractivity contribution in [2.45, 2.75) is 25.2 Å². The maximum Gasteiger partial charge on any atom is 0.307 e. The SMILES string of the molecule is O=C(O)[C@@H]1[C@@H]2CCN(C(=O)c3coc(C4CC4)n3)C[C@@H]21. The molecule has 0 radical (unpaired) electrons. The number of carboxylic acids is 1. The van der Waals surface area contributed by atoms with E-state index < -0.39 is 5.97 Å². The molecule has 0 bridgehead atoms. The highest BCUT2D eigenvalue weighted by Crippen LogP contribution is 2.51. The molecule has 2 aliphatic carbocycles. The Morgan fingerprint density at radius 1 is 1.30 bits per heavy atom. The Bertz CT molecular complexity index is 577. The van der Waals surface area contributed by atoms with E-state index in [9.17, 15) is 9.59 Å². The Balaban J connectivity index is 1.45. The summed E-state index contributed by atoms with van der Waals surface area (Å²) < 4.78 is 5.34. The van der Waals surface area contributed by atoms with Crippen molar-refractivity contribution in [2.24, 2.45) is 17.8 Å². The van der Waals surface area contributed by atoms with Gasteiger partial charge in [0.25, 0.3) is 5.91 Å². The van der Waals surface area contributed by atoms with E-state index in [0.29, 0.717) is 30.6 Å². The van der Waals surface area contributed by atoms with Crippen LogP contribution in [-0.2, 0) is 4.79 Å². The maximum absolute atomic E-state index is 12.4. The predicted octanol–water partition coefficient (Wildman–Crippen LogP) is 1.34. The van der Waals surface area contributed by atoms with E-state index in [1.54, 1.807) is 4.90 Å². The molecule has 106 valence electrons. The molecule has 1 aliphatic heterocycles. The Morgan fingerprint density at radius 2 is 2.10 bits per heavy atom. The number of carbonyl (C=O) groups excluding carboxylic acids is 1. The summed E-state index contributed by atoms with van der Waals surface area (Å²) in [5.41, 5.74) is 0.359. The van der Waals surface area contributed by atoms with E-state index in [-0.39, 0.29) is 23.7 Å². The summed E-state index contributed by atoms with van der Waals surface area (Å²) in [6.45, 7) is 1.15. The van der Waals surface area contributed by atoms with Gasteiger partial charge in [0, 0.05) is 19.0 Å². The van der Waals surface area contributed by atoms with Gasteiger partial charge in [-0.2, -0.15) is 0 Å². The summed E-state index contributed by atoms with van der Waals surface area (Å²) in [5, 5.41) is 9.07. The van der Waals surface area contributed by atoms with Crippen molar-refractivity contribution < 1.29 is 19.1 Å². The minimum Gasteiger partial charge on any atom is -0.481 e. The molecule has 1 amide bonds. The molecule has 6 nitrogen and oxygen atoms in total. The van der Waals surface area contributed by atoms with E-state index in [0.717, 1.165) is 19.3 Å². The van der Waals surface area contributed by atoms with Gasteiger partial charge in [0.2, 0.25) is 0 Å². The van der Waals surface area contributed by atoms with Crippen LogP contribution in [0.3, 0.4) is 0 Å². The summed E-state index contributed by atoms with van der Waals surface area (Å²) in [6, 6.07) is 0. The van der Waals surface area contributed by atoms with Crippen LogP contribution in [-0.4, -0.2) is 40.0 Å². The highest BCUT2D eigenvalue weighted by atomic mass is 16.4. The summed E-state index contributed by atoms with van der Waals surface area (Å²) >= 11 is 0. The fraction of sp³-hybridized carbons (Fsp3) is 0.643. The lowest BCUT2D eigenvalue weighted by Gasteiger charge is -2.25. The number of oxazole rings is 1. The number of aliphatic carboxylic acids is 1. The molecule has 6 heteroatoms. The van der Waals surface area contributed by atoms with Crippen molar-refractivity contribution >= 4 is 11.9 Å². The highest BCUT2D eigenvalue weighted by molar-refractivity contribution is 5.92. The second-order valence-corrected chi connectivity index (χ2v) is 6.08. The van der Waals surface area contributed by atoms with Gasteiger partial charge in [0.05, 0.1) is 5.92 Å². The molecule has 2 heterocycles. The van der Waals surface area contributed by atoms with E-state index in [4.69, 9.17) is 9.52 Å². The minimum atomic E-state index is -0.730. The van der Waals surface area contributed by atoms with Gasteiger partial charge in [-0.25, -0.2) is 4.98 Å². The smallest absolute Gasteiger partial charge is 0.307 e. The van der Waals surface area contributed by atoms with Crippen LogP contribution >= 0.6 is 0 Å². The standard InChI is InChI=1S/C14H16N2O4/c17-13(10-6-20-12(15-10)7-1-2-7)16-4-3-8-9(5-16)11(8)14(18)19/h6-9,11H,1-5H2,(H,18,19)/t8-,9+,11-/m1/s1. The number of fused-ring (bicyclic) bond motifs is 1. The maximum atomic E-state index is 12.4. The largest absolute Gasteiger partial charge is 0.481 e. The van der Waals surface area contributed by atoms with Gasteiger partial charge in [-0.15, -0.1) is 0 Å². The van der Waals surface area contributed by atoms with Crippen LogP contribution in [0.25, 0.3) is 0 Å². The zero-order chi connectivity index (χ0) is 13.9. The molecule has 0 unspecified atom stereocenters. The quantitative estimate of drug-likeness (QED) is 0.900. The second-order valence-electron chi connectivity index (χ2n) is 6.08. The average molecular weight is 276 g/mol. The van der Waals surface area contributed by atoms with E-state index >= 15 is 0 Å². The second kappa shape index (κ2) is 4.07. The monoisotopic (exact) mass is 276 g/mol. The van der Waals surface area contributed by atoms with Crippen LogP contribution in [0.15, 0.2) is 10.7 Å². The Morgan fingerprint density at radius 3 is 2.80 bits per heavy atom. The fourth-order valence-corrected chi connectivity index (χ4v) is 3.35. The first kappa shape index (κ1) is 11.9. The van der Waals surface area contributed by atoms with Crippen LogP contribution in [0, 0.1) is 17.8 Å². The predicted molar refractivity (Wildman–Crippen MR) is 67.1 cm³/mol. The molecular weight excluding hydrogens is 260 g/mol. The fourth-order valence-electron chi connectivity index (χ4n) is 3.35. The van der Waals surface area contributed by atoms with Crippen molar-refractivity contribution in [3.05, 3.63) is 17.8 Å². The lowest BCUT2D eigenvalue weighted by molar-refractivity contribution is -0.139. The topological polar surface area (TPSA) is 83.6 Å². The van der Waals surface area contributed by atoms with Crippen molar-refractivity contribution in [3.63, 3.8) is 0 Å². The molecule has 2 saturated carbocycles. The number of likely N-dealkylation sites (tertiary alicyclic amines) is 1. The zero-order valence-electron chi connectivity index (χ0n) is 11.0. The van der Waals surface area contributed by atoms with Gasteiger partial charge in [-0.1, -0.05) is 0 Å². The van der Waals surface area contributed by atoms with Crippen LogP contribution in [0.4, 0.5) is 0 Å². The minimum absolute atomic E-state index is 0.125. The Hall–Kier alpha value is -1.85. The molecule has 1 aromatic heterocycles. The summed E-state index contributed by atoms with van der Waals surface area (Å²) in [4.78, 5) is 29.4. The number of amides is 1. The van der Waals surface area contributed by atoms with Gasteiger partial charge in [0.1, 0.15) is 6.26 Å². The normalized spacial score (nSPS) is 31.8. The van der Waals surface area contributed by atoms with E-state index in [1.807, 2.05) is 0 Å². The first-order valence-electron chi connectivity index (χ1n) is 7.12. The van der Waals surface area contributed by atoms with Crippen molar-refractivity contribution in [1.82, 2.24) is 9.88 Å². The average Bonchev–Trinajstić information content (AvgIpc) is 3.34. The van der Waals surface area contributed by atoms with E-state index in [2.05, 4.69) is 4.98 Å². The Labute approximate surface area is 115 Å². The number of hydrogen-bond acceptors (Lipinski definition) is 4. The highest BCUT2D eigenvalue weighted by Gasteiger charge is 2.57. The third-order valence-electron chi connectivity index (χ3n) is 4.74. The molecule has 3 fully saturated rings. The number of carbonyl (C=O) groups is 2.